The van der Waals surface area contributed by atoms with Crippen LogP contribution < -0.4 is 39.1 Å². The van der Waals surface area contributed by atoms with E-state index in [2.05, 4.69) is 21.0 Å². The molecule has 1 aromatic heterocycles. The zero-order valence-electron chi connectivity index (χ0n) is 22.5. The number of aromatic nitrogens is 1. The molecule has 0 radical (unpaired) electrons. The molecule has 0 aliphatic carbocycles. The summed E-state index contributed by atoms with van der Waals surface area (Å²) < 4.78 is 0. The molecule has 3 amide bonds. The van der Waals surface area contributed by atoms with Gasteiger partial charge in [-0.15, -0.1) is 0 Å². The quantitative estimate of drug-likeness (QED) is 0.0675. The van der Waals surface area contributed by atoms with Crippen LogP contribution in [-0.2, 0) is 16.0 Å². The van der Waals surface area contributed by atoms with Crippen LogP contribution >= 0.6 is 0 Å². The van der Waals surface area contributed by atoms with Crippen LogP contribution in [0.3, 0.4) is 0 Å². The van der Waals surface area contributed by atoms with Crippen LogP contribution in [0.25, 0.3) is 0 Å². The number of pyridine rings is 1. The number of anilines is 1. The van der Waals surface area contributed by atoms with E-state index in [1.165, 1.54) is 12.1 Å². The van der Waals surface area contributed by atoms with Crippen molar-refractivity contribution >= 4 is 29.3 Å². The van der Waals surface area contributed by atoms with Gasteiger partial charge in [-0.05, 0) is 55.8 Å². The number of nitrogens with zero attached hydrogens (tertiary/aromatic N) is 1. The first-order valence-electron chi connectivity index (χ1n) is 13.0. The van der Waals surface area contributed by atoms with Gasteiger partial charge in [-0.1, -0.05) is 44.2 Å². The molecule has 39 heavy (non-hydrogen) atoms. The summed E-state index contributed by atoms with van der Waals surface area (Å²) in [5.41, 5.74) is 20.1. The number of carbonyl (C=O) groups is 4. The van der Waals surface area contributed by atoms with Gasteiger partial charge in [-0.3, -0.25) is 19.2 Å². The van der Waals surface area contributed by atoms with Gasteiger partial charge >= 0.3 is 0 Å². The number of primary amides is 1. The molecule has 0 aliphatic heterocycles. The molecule has 1 heterocycles. The molecular weight excluding hydrogens is 500 g/mol. The maximum absolute atomic E-state index is 13.5. The number of nitrogens with two attached hydrogens (primary N) is 4. The van der Waals surface area contributed by atoms with Crippen molar-refractivity contribution in [2.24, 2.45) is 29.0 Å². The summed E-state index contributed by atoms with van der Waals surface area (Å²) in [5, 5.41) is 5.55. The third-order valence-corrected chi connectivity index (χ3v) is 6.11. The summed E-state index contributed by atoms with van der Waals surface area (Å²) in [5.74, 6) is 3.34. The lowest BCUT2D eigenvalue weighted by molar-refractivity contribution is -0.130. The first-order valence-corrected chi connectivity index (χ1v) is 13.0. The van der Waals surface area contributed by atoms with E-state index in [0.717, 1.165) is 5.56 Å². The third-order valence-electron chi connectivity index (χ3n) is 6.11. The zero-order chi connectivity index (χ0) is 28.9. The number of carbonyl (C=O) groups excluding carboxylic acids is 4. The molecule has 2 aromatic rings. The molecule has 0 unspecified atom stereocenters. The van der Waals surface area contributed by atoms with E-state index < -0.39 is 41.6 Å². The number of nitrogen functional groups attached to an aromatic ring is 1. The minimum atomic E-state index is -0.977. The first-order chi connectivity index (χ1) is 18.6. The van der Waals surface area contributed by atoms with Crippen molar-refractivity contribution in [2.75, 3.05) is 12.0 Å². The van der Waals surface area contributed by atoms with Crippen LogP contribution in [0.5, 0.6) is 0 Å². The Labute approximate surface area is 228 Å². The Balaban J connectivity index is 2.32. The van der Waals surface area contributed by atoms with Gasteiger partial charge in [0.1, 0.15) is 11.7 Å². The van der Waals surface area contributed by atoms with E-state index in [1.54, 1.807) is 0 Å². The second-order valence-electron chi connectivity index (χ2n) is 9.80. The van der Waals surface area contributed by atoms with Gasteiger partial charge in [0.05, 0.1) is 17.6 Å². The van der Waals surface area contributed by atoms with Crippen molar-refractivity contribution in [2.45, 2.75) is 64.1 Å². The molecule has 1 aromatic carbocycles. The fourth-order valence-electron chi connectivity index (χ4n) is 4.07. The second kappa shape index (κ2) is 15.5. The molecule has 0 bridgehead atoms. The Kier molecular flexibility index (Phi) is 12.5. The standard InChI is InChI=1S/C27H40N8O4/c1-16(2)14-19(29)26(38)34-22(15-17-8-4-3-5-9-17)27(39)33-20(10-6-7-13-28)23(36)21-12-11-18(24(30)37)25(32-21)35-31/h3-5,8-9,11-12,16,19-20,22H,6-7,10,13-15,28-29,31H2,1-2H3,(H2,30,37)(H,32,35)(H,33,39)(H,34,38)/t19-,20-,22-/m0/s1. The van der Waals surface area contributed by atoms with E-state index in [0.29, 0.717) is 25.8 Å². The second-order valence-corrected chi connectivity index (χ2v) is 9.80. The Bertz CT molecular complexity index is 1130. The van der Waals surface area contributed by atoms with Gasteiger partial charge in [0.25, 0.3) is 5.91 Å². The Morgan fingerprint density at radius 2 is 1.59 bits per heavy atom. The Morgan fingerprint density at radius 1 is 0.923 bits per heavy atom. The molecule has 0 saturated carbocycles. The van der Waals surface area contributed by atoms with Gasteiger partial charge in [-0.2, -0.15) is 0 Å². The zero-order valence-corrected chi connectivity index (χ0v) is 22.5. The normalized spacial score (nSPS) is 13.3. The number of Topliss-reactive ketones (excluding diaryl/α,β-unsaturated/α-hetero) is 1. The van der Waals surface area contributed by atoms with Crippen molar-refractivity contribution in [3.05, 3.63) is 59.3 Å². The minimum absolute atomic E-state index is 0.0149. The number of benzene rings is 1. The largest absolute Gasteiger partial charge is 0.365 e. The molecule has 212 valence electrons. The first kappa shape index (κ1) is 31.3. The van der Waals surface area contributed by atoms with Crippen LogP contribution in [0.15, 0.2) is 42.5 Å². The highest BCUT2D eigenvalue weighted by atomic mass is 16.2. The number of hydrazine groups is 1. The van der Waals surface area contributed by atoms with Crippen molar-refractivity contribution in [3.63, 3.8) is 0 Å². The molecule has 0 aliphatic rings. The molecular formula is C27H40N8O4. The Morgan fingerprint density at radius 3 is 2.18 bits per heavy atom. The van der Waals surface area contributed by atoms with E-state index in [4.69, 9.17) is 23.0 Å². The monoisotopic (exact) mass is 540 g/mol. The SMILES string of the molecule is CC(C)C[C@H](N)C(=O)N[C@@H](Cc1ccccc1)C(=O)N[C@@H](CCCCN)C(=O)c1ccc(C(N)=O)c(NN)n1. The lowest BCUT2D eigenvalue weighted by atomic mass is 9.99. The number of unbranched alkanes of at least 4 members (excludes halogenated alkanes) is 1. The van der Waals surface area contributed by atoms with E-state index in [1.807, 2.05) is 44.2 Å². The lowest BCUT2D eigenvalue weighted by Crippen LogP contribution is -2.55. The summed E-state index contributed by atoms with van der Waals surface area (Å²) >= 11 is 0. The average molecular weight is 541 g/mol. The van der Waals surface area contributed by atoms with Crippen LogP contribution in [0.1, 0.15) is 65.9 Å². The maximum Gasteiger partial charge on any atom is 0.252 e. The van der Waals surface area contributed by atoms with Crippen molar-refractivity contribution in [3.8, 4) is 0 Å². The average Bonchev–Trinajstić information content (AvgIpc) is 2.91. The van der Waals surface area contributed by atoms with Crippen molar-refractivity contribution in [1.29, 1.82) is 0 Å². The molecule has 3 atom stereocenters. The van der Waals surface area contributed by atoms with E-state index >= 15 is 0 Å². The highest BCUT2D eigenvalue weighted by Gasteiger charge is 2.30. The van der Waals surface area contributed by atoms with Crippen molar-refractivity contribution < 1.29 is 19.2 Å². The smallest absolute Gasteiger partial charge is 0.252 e. The molecule has 2 rings (SSSR count). The number of nitrogens with one attached hydrogen (secondary N) is 3. The summed E-state index contributed by atoms with van der Waals surface area (Å²) in [6.07, 6.45) is 2.13. The minimum Gasteiger partial charge on any atom is -0.365 e. The third kappa shape index (κ3) is 9.74. The van der Waals surface area contributed by atoms with Crippen LogP contribution in [0.2, 0.25) is 0 Å². The van der Waals surface area contributed by atoms with Gasteiger partial charge in [0.15, 0.2) is 5.82 Å². The Hall–Kier alpha value is -3.87. The number of hydrogen-bond acceptors (Lipinski definition) is 9. The summed E-state index contributed by atoms with van der Waals surface area (Å²) in [6.45, 7) is 4.32. The highest BCUT2D eigenvalue weighted by molar-refractivity contribution is 6.03. The summed E-state index contributed by atoms with van der Waals surface area (Å²) in [4.78, 5) is 55.6. The number of ketones is 1. The molecule has 0 saturated heterocycles. The number of amides is 3. The summed E-state index contributed by atoms with van der Waals surface area (Å²) in [6, 6.07) is 9.16. The van der Waals surface area contributed by atoms with Gasteiger partial charge < -0.3 is 33.3 Å². The molecule has 0 spiro atoms. The molecule has 11 N–H and O–H groups in total. The lowest BCUT2D eigenvalue weighted by Gasteiger charge is -2.24. The topological polar surface area (TPSA) is 221 Å². The molecule has 12 nitrogen and oxygen atoms in total. The maximum atomic E-state index is 13.5. The molecule has 12 heteroatoms. The highest BCUT2D eigenvalue weighted by Crippen LogP contribution is 2.16. The van der Waals surface area contributed by atoms with E-state index in [-0.39, 0.29) is 35.8 Å². The van der Waals surface area contributed by atoms with Crippen LogP contribution in [-0.4, -0.2) is 53.2 Å². The van der Waals surface area contributed by atoms with Gasteiger partial charge in [0.2, 0.25) is 17.6 Å². The fourth-order valence-corrected chi connectivity index (χ4v) is 4.07. The van der Waals surface area contributed by atoms with Crippen LogP contribution in [0, 0.1) is 5.92 Å². The number of rotatable bonds is 16. The predicted octanol–water partition coefficient (Wildman–Crippen LogP) is 0.364. The number of hydrogen-bond donors (Lipinski definition) is 7. The summed E-state index contributed by atoms with van der Waals surface area (Å²) in [7, 11) is 0. The van der Waals surface area contributed by atoms with Crippen LogP contribution in [0.4, 0.5) is 5.82 Å². The van der Waals surface area contributed by atoms with Gasteiger partial charge in [0, 0.05) is 6.42 Å². The van der Waals surface area contributed by atoms with Gasteiger partial charge in [-0.25, -0.2) is 10.8 Å². The van der Waals surface area contributed by atoms with E-state index in [9.17, 15) is 19.2 Å². The fraction of sp³-hybridized carbons (Fsp3) is 0.444. The molecule has 0 fully saturated rings. The predicted molar refractivity (Wildman–Crippen MR) is 149 cm³/mol. The van der Waals surface area contributed by atoms with Crippen molar-refractivity contribution in [1.82, 2.24) is 15.6 Å².